The molecule has 0 unspecified atom stereocenters. The number of carbonyl (C=O) groups is 1. The fourth-order valence-electron chi connectivity index (χ4n) is 1.58. The van der Waals surface area contributed by atoms with Gasteiger partial charge in [-0.15, -0.1) is 0 Å². The van der Waals surface area contributed by atoms with Crippen LogP contribution in [0.25, 0.3) is 0 Å². The molecule has 19 heavy (non-hydrogen) atoms. The summed E-state index contributed by atoms with van der Waals surface area (Å²) in [7, 11) is 0. The first-order valence-corrected chi connectivity index (χ1v) is 6.45. The third-order valence-electron chi connectivity index (χ3n) is 2.64. The molecule has 98 valence electrons. The van der Waals surface area contributed by atoms with Crippen LogP contribution >= 0.6 is 15.9 Å². The lowest BCUT2D eigenvalue weighted by Crippen LogP contribution is -2.20. The van der Waals surface area contributed by atoms with Crippen molar-refractivity contribution in [1.29, 1.82) is 0 Å². The second-order valence-corrected chi connectivity index (χ2v) is 4.83. The van der Waals surface area contributed by atoms with Gasteiger partial charge in [0, 0.05) is 15.7 Å². The smallest absolute Gasteiger partial charge is 0.307 e. The van der Waals surface area contributed by atoms with Crippen LogP contribution in [0.3, 0.4) is 0 Å². The van der Waals surface area contributed by atoms with Gasteiger partial charge in [0.15, 0.2) is 0 Å². The van der Waals surface area contributed by atoms with Crippen molar-refractivity contribution in [2.24, 2.45) is 0 Å². The van der Waals surface area contributed by atoms with Crippen LogP contribution in [-0.4, -0.2) is 6.03 Å². The third-order valence-corrected chi connectivity index (χ3v) is 3.33. The van der Waals surface area contributed by atoms with E-state index in [1.807, 2.05) is 18.2 Å². The monoisotopic (exact) mass is 322 g/mol. The van der Waals surface area contributed by atoms with E-state index in [0.29, 0.717) is 16.9 Å². The topological polar surface area (TPSA) is 41.1 Å². The van der Waals surface area contributed by atoms with Gasteiger partial charge < -0.3 is 10.6 Å². The normalized spacial score (nSPS) is 10.1. The van der Waals surface area contributed by atoms with Crippen LogP contribution in [0.15, 0.2) is 46.9 Å². The number of hydrogen-bond donors (Lipinski definition) is 2. The maximum absolute atomic E-state index is 13.3. The first-order valence-electron chi connectivity index (χ1n) is 5.65. The quantitative estimate of drug-likeness (QED) is 0.837. The summed E-state index contributed by atoms with van der Waals surface area (Å²) in [5, 5.41) is 5.30. The second-order valence-electron chi connectivity index (χ2n) is 3.97. The van der Waals surface area contributed by atoms with Crippen molar-refractivity contribution in [3.8, 4) is 0 Å². The van der Waals surface area contributed by atoms with Gasteiger partial charge in [0.2, 0.25) is 0 Å². The number of benzene rings is 2. The maximum atomic E-state index is 13.3. The predicted molar refractivity (Wildman–Crippen MR) is 77.9 cm³/mol. The van der Waals surface area contributed by atoms with E-state index in [2.05, 4.69) is 26.6 Å². The molecule has 5 heteroatoms. The Morgan fingerprint density at radius 2 is 1.68 bits per heavy atom. The van der Waals surface area contributed by atoms with E-state index in [0.717, 1.165) is 4.47 Å². The van der Waals surface area contributed by atoms with Crippen LogP contribution in [0.2, 0.25) is 0 Å². The minimum Gasteiger partial charge on any atom is -0.307 e. The van der Waals surface area contributed by atoms with Gasteiger partial charge in [-0.05, 0) is 47.1 Å². The molecule has 0 bridgehead atoms. The molecule has 0 aliphatic heterocycles. The zero-order valence-electron chi connectivity index (χ0n) is 10.2. The van der Waals surface area contributed by atoms with Crippen molar-refractivity contribution in [3.63, 3.8) is 0 Å². The largest absolute Gasteiger partial charge is 0.323 e. The molecule has 2 N–H and O–H groups in total. The zero-order valence-corrected chi connectivity index (χ0v) is 11.8. The first-order chi connectivity index (χ1) is 9.08. The van der Waals surface area contributed by atoms with Gasteiger partial charge in [0.1, 0.15) is 5.82 Å². The number of urea groups is 1. The van der Waals surface area contributed by atoms with Crippen LogP contribution in [0.1, 0.15) is 5.56 Å². The maximum Gasteiger partial charge on any atom is 0.323 e. The van der Waals surface area contributed by atoms with E-state index in [-0.39, 0.29) is 5.82 Å². The summed E-state index contributed by atoms with van der Waals surface area (Å²) in [5.74, 6) is -0.348. The molecule has 0 aromatic heterocycles. The molecule has 0 fully saturated rings. The fourth-order valence-corrected chi connectivity index (χ4v) is 1.97. The highest BCUT2D eigenvalue weighted by atomic mass is 79.9. The second kappa shape index (κ2) is 5.84. The number of para-hydroxylation sites is 1. The lowest BCUT2D eigenvalue weighted by atomic mass is 10.2. The zero-order chi connectivity index (χ0) is 13.8. The molecule has 0 saturated carbocycles. The van der Waals surface area contributed by atoms with Crippen LogP contribution < -0.4 is 10.6 Å². The Morgan fingerprint density at radius 1 is 1.05 bits per heavy atom. The van der Waals surface area contributed by atoms with Crippen molar-refractivity contribution in [3.05, 3.63) is 58.3 Å². The molecule has 0 radical (unpaired) electrons. The van der Waals surface area contributed by atoms with Crippen molar-refractivity contribution in [2.45, 2.75) is 6.92 Å². The number of anilines is 2. The molecule has 2 aromatic rings. The van der Waals surface area contributed by atoms with Crippen LogP contribution in [0.4, 0.5) is 20.6 Å². The lowest BCUT2D eigenvalue weighted by molar-refractivity contribution is 0.262. The Hall–Kier alpha value is -1.88. The number of carbonyl (C=O) groups excluding carboxylic acids is 1. The van der Waals surface area contributed by atoms with Gasteiger partial charge in [-0.2, -0.15) is 0 Å². The van der Waals surface area contributed by atoms with E-state index >= 15 is 0 Å². The number of hydrogen-bond acceptors (Lipinski definition) is 1. The Morgan fingerprint density at radius 3 is 2.42 bits per heavy atom. The summed E-state index contributed by atoms with van der Waals surface area (Å²) in [6, 6.07) is 11.4. The Labute approximate surface area is 119 Å². The summed E-state index contributed by atoms with van der Waals surface area (Å²) >= 11 is 3.33. The Balaban J connectivity index is 2.10. The number of amides is 2. The van der Waals surface area contributed by atoms with Crippen LogP contribution in [0.5, 0.6) is 0 Å². The average molecular weight is 323 g/mol. The average Bonchev–Trinajstić information content (AvgIpc) is 2.38. The number of rotatable bonds is 2. The minimum absolute atomic E-state index is 0.348. The predicted octanol–water partition coefficient (Wildman–Crippen LogP) is 4.54. The first kappa shape index (κ1) is 13.5. The van der Waals surface area contributed by atoms with E-state index in [1.54, 1.807) is 25.1 Å². The minimum atomic E-state index is -0.416. The van der Waals surface area contributed by atoms with Gasteiger partial charge in [0.05, 0.1) is 5.69 Å². The summed E-state index contributed by atoms with van der Waals surface area (Å²) in [5.41, 5.74) is 1.50. The van der Waals surface area contributed by atoms with Gasteiger partial charge in [-0.25, -0.2) is 9.18 Å². The van der Waals surface area contributed by atoms with E-state index in [1.165, 1.54) is 6.07 Å². The van der Waals surface area contributed by atoms with Gasteiger partial charge in [-0.1, -0.05) is 18.2 Å². The Bertz CT molecular complexity index is 616. The Kier molecular flexibility index (Phi) is 4.16. The molecule has 0 aliphatic rings. The summed E-state index contributed by atoms with van der Waals surface area (Å²) in [6.07, 6.45) is 0. The van der Waals surface area contributed by atoms with Crippen molar-refractivity contribution < 1.29 is 9.18 Å². The SMILES string of the molecule is Cc1c(F)cccc1NC(=O)Nc1ccccc1Br. The van der Waals surface area contributed by atoms with Crippen molar-refractivity contribution in [1.82, 2.24) is 0 Å². The van der Waals surface area contributed by atoms with E-state index < -0.39 is 6.03 Å². The van der Waals surface area contributed by atoms with E-state index in [4.69, 9.17) is 0 Å². The third kappa shape index (κ3) is 3.32. The molecule has 0 aliphatic carbocycles. The molecule has 0 heterocycles. The number of nitrogens with one attached hydrogen (secondary N) is 2. The highest BCUT2D eigenvalue weighted by Crippen LogP contribution is 2.22. The highest BCUT2D eigenvalue weighted by Gasteiger charge is 2.08. The molecule has 0 saturated heterocycles. The van der Waals surface area contributed by atoms with Gasteiger partial charge in [-0.3, -0.25) is 0 Å². The van der Waals surface area contributed by atoms with Crippen molar-refractivity contribution >= 4 is 33.3 Å². The molecule has 2 rings (SSSR count). The van der Waals surface area contributed by atoms with Gasteiger partial charge in [0.25, 0.3) is 0 Å². The molecule has 0 spiro atoms. The standard InChI is InChI=1S/C14H12BrFN2O/c1-9-11(16)6-4-8-12(9)17-14(19)18-13-7-3-2-5-10(13)15/h2-8H,1H3,(H2,17,18,19). The van der Waals surface area contributed by atoms with Gasteiger partial charge >= 0.3 is 6.03 Å². The molecule has 3 nitrogen and oxygen atoms in total. The number of halogens is 2. The summed E-state index contributed by atoms with van der Waals surface area (Å²) in [4.78, 5) is 11.8. The van der Waals surface area contributed by atoms with Crippen LogP contribution in [0, 0.1) is 12.7 Å². The molecule has 0 atom stereocenters. The molecular formula is C14H12BrFN2O. The lowest BCUT2D eigenvalue weighted by Gasteiger charge is -2.11. The van der Waals surface area contributed by atoms with E-state index in [9.17, 15) is 9.18 Å². The van der Waals surface area contributed by atoms with Crippen molar-refractivity contribution in [2.75, 3.05) is 10.6 Å². The summed E-state index contributed by atoms with van der Waals surface area (Å²) in [6.45, 7) is 1.61. The van der Waals surface area contributed by atoms with Crippen LogP contribution in [-0.2, 0) is 0 Å². The summed E-state index contributed by atoms with van der Waals surface area (Å²) < 4.78 is 14.1. The fraction of sp³-hybridized carbons (Fsp3) is 0.0714. The molecule has 2 amide bonds. The molecular weight excluding hydrogens is 311 g/mol. The highest BCUT2D eigenvalue weighted by molar-refractivity contribution is 9.10. The molecule has 2 aromatic carbocycles.